The summed E-state index contributed by atoms with van der Waals surface area (Å²) < 4.78 is 17.0. The van der Waals surface area contributed by atoms with Gasteiger partial charge in [-0.3, -0.25) is 4.79 Å². The zero-order valence-electron chi connectivity index (χ0n) is 14.3. The average molecular weight is 334 g/mol. The minimum absolute atomic E-state index is 0.122. The first-order valence-electron chi connectivity index (χ1n) is 8.48. The summed E-state index contributed by atoms with van der Waals surface area (Å²) in [6.07, 6.45) is 2.95. The summed E-state index contributed by atoms with van der Waals surface area (Å²) in [6.45, 7) is 4.09. The zero-order valence-corrected chi connectivity index (χ0v) is 14.3. The smallest absolute Gasteiger partial charge is 0.309 e. The Labute approximate surface area is 143 Å². The molecule has 1 N–H and O–H groups in total. The van der Waals surface area contributed by atoms with Crippen molar-refractivity contribution in [1.82, 2.24) is 0 Å². The molecule has 2 rings (SSSR count). The van der Waals surface area contributed by atoms with Crippen LogP contribution in [0.15, 0.2) is 42.7 Å². The van der Waals surface area contributed by atoms with Crippen LogP contribution >= 0.6 is 0 Å². The molecule has 24 heavy (non-hydrogen) atoms. The van der Waals surface area contributed by atoms with E-state index in [4.69, 9.17) is 14.2 Å². The predicted molar refractivity (Wildman–Crippen MR) is 90.1 cm³/mol. The van der Waals surface area contributed by atoms with Crippen LogP contribution in [0, 0.1) is 5.92 Å². The second-order valence-corrected chi connectivity index (χ2v) is 5.86. The molecule has 0 radical (unpaired) electrons. The zero-order chi connectivity index (χ0) is 17.4. The van der Waals surface area contributed by atoms with Crippen molar-refractivity contribution in [1.29, 1.82) is 0 Å². The Morgan fingerprint density at radius 3 is 2.58 bits per heavy atom. The number of hydrogen-bond donors (Lipinski definition) is 1. The van der Waals surface area contributed by atoms with Crippen LogP contribution in [0.5, 0.6) is 0 Å². The molecule has 3 atom stereocenters. The summed E-state index contributed by atoms with van der Waals surface area (Å²) in [4.78, 5) is 12.3. The molecule has 0 saturated carbocycles. The number of aliphatic hydroxyl groups is 1. The highest BCUT2D eigenvalue weighted by Gasteiger charge is 2.36. The van der Waals surface area contributed by atoms with E-state index in [-0.39, 0.29) is 18.5 Å². The maximum atomic E-state index is 12.3. The summed E-state index contributed by atoms with van der Waals surface area (Å²) in [5.41, 5.74) is 1.01. The quantitative estimate of drug-likeness (QED) is 0.741. The van der Waals surface area contributed by atoms with Gasteiger partial charge in [-0.2, -0.15) is 0 Å². The number of hydrogen-bond acceptors (Lipinski definition) is 5. The third-order valence-corrected chi connectivity index (χ3v) is 4.25. The third kappa shape index (κ3) is 4.82. The maximum Gasteiger partial charge on any atom is 0.309 e. The van der Waals surface area contributed by atoms with Crippen molar-refractivity contribution in [2.75, 3.05) is 6.61 Å². The van der Waals surface area contributed by atoms with E-state index in [1.54, 1.807) is 6.08 Å². The molecular formula is C19H26O5. The number of ether oxygens (including phenoxy) is 3. The van der Waals surface area contributed by atoms with Crippen molar-refractivity contribution in [3.05, 3.63) is 48.2 Å². The summed E-state index contributed by atoms with van der Waals surface area (Å²) in [5.74, 6) is -0.356. The molecule has 0 saturated heterocycles. The Balaban J connectivity index is 2.04. The molecular weight excluding hydrogens is 308 g/mol. The molecule has 3 unspecified atom stereocenters. The molecule has 1 aromatic rings. The molecule has 1 aliphatic rings. The lowest BCUT2D eigenvalue weighted by Crippen LogP contribution is -2.46. The van der Waals surface area contributed by atoms with Crippen LogP contribution in [0.4, 0.5) is 0 Å². The van der Waals surface area contributed by atoms with E-state index in [0.717, 1.165) is 18.4 Å². The molecule has 0 bridgehead atoms. The van der Waals surface area contributed by atoms with Crippen LogP contribution in [-0.2, 0) is 25.6 Å². The van der Waals surface area contributed by atoms with E-state index < -0.39 is 18.3 Å². The second kappa shape index (κ2) is 9.45. The molecule has 0 spiro atoms. The lowest BCUT2D eigenvalue weighted by atomic mass is 10.0. The van der Waals surface area contributed by atoms with Gasteiger partial charge in [-0.05, 0) is 24.5 Å². The minimum atomic E-state index is -0.562. The van der Waals surface area contributed by atoms with Gasteiger partial charge >= 0.3 is 5.97 Å². The molecule has 0 amide bonds. The van der Waals surface area contributed by atoms with Gasteiger partial charge in [0.1, 0.15) is 6.10 Å². The highest BCUT2D eigenvalue weighted by Crippen LogP contribution is 2.22. The minimum Gasteiger partial charge on any atom is -0.493 e. The highest BCUT2D eigenvalue weighted by atomic mass is 16.6. The van der Waals surface area contributed by atoms with Gasteiger partial charge in [-0.25, -0.2) is 0 Å². The fraction of sp³-hybridized carbons (Fsp3) is 0.526. The summed E-state index contributed by atoms with van der Waals surface area (Å²) >= 11 is 0. The first kappa shape index (κ1) is 18.5. The third-order valence-electron chi connectivity index (χ3n) is 4.25. The number of benzene rings is 1. The van der Waals surface area contributed by atoms with Crippen molar-refractivity contribution < 1.29 is 24.1 Å². The number of rotatable bonds is 8. The molecule has 1 aliphatic heterocycles. The van der Waals surface area contributed by atoms with Gasteiger partial charge in [0, 0.05) is 0 Å². The van der Waals surface area contributed by atoms with Crippen LogP contribution in [0.2, 0.25) is 0 Å². The van der Waals surface area contributed by atoms with Crippen molar-refractivity contribution in [3.8, 4) is 0 Å². The van der Waals surface area contributed by atoms with Crippen molar-refractivity contribution in [2.45, 2.75) is 51.6 Å². The number of carbonyl (C=O) groups is 1. The van der Waals surface area contributed by atoms with Gasteiger partial charge in [-0.1, -0.05) is 44.2 Å². The lowest BCUT2D eigenvalue weighted by molar-refractivity contribution is -0.171. The number of carbonyl (C=O) groups excluding carboxylic acids is 1. The molecule has 1 aromatic carbocycles. The van der Waals surface area contributed by atoms with Crippen LogP contribution in [0.1, 0.15) is 32.3 Å². The first-order valence-corrected chi connectivity index (χ1v) is 8.48. The number of esters is 1. The van der Waals surface area contributed by atoms with E-state index in [1.165, 1.54) is 6.26 Å². The van der Waals surface area contributed by atoms with Crippen molar-refractivity contribution in [2.24, 2.45) is 5.92 Å². The van der Waals surface area contributed by atoms with E-state index in [0.29, 0.717) is 6.61 Å². The van der Waals surface area contributed by atoms with E-state index >= 15 is 0 Å². The average Bonchev–Trinajstić information content (AvgIpc) is 2.62. The Morgan fingerprint density at radius 1 is 1.25 bits per heavy atom. The Kier molecular flexibility index (Phi) is 7.28. The van der Waals surface area contributed by atoms with Gasteiger partial charge in [-0.15, -0.1) is 0 Å². The van der Waals surface area contributed by atoms with E-state index in [1.807, 2.05) is 44.2 Å². The Hall–Kier alpha value is -1.85. The topological polar surface area (TPSA) is 65.0 Å². The Bertz CT molecular complexity index is 524. The molecule has 5 nitrogen and oxygen atoms in total. The molecule has 0 aliphatic carbocycles. The van der Waals surface area contributed by atoms with Crippen LogP contribution in [-0.4, -0.2) is 36.0 Å². The van der Waals surface area contributed by atoms with Crippen molar-refractivity contribution in [3.63, 3.8) is 0 Å². The Morgan fingerprint density at radius 2 is 1.96 bits per heavy atom. The SMILES string of the molecule is CCC(CC)C(=O)OC1C=COC(CO)C1OCc1ccccc1. The second-order valence-electron chi connectivity index (χ2n) is 5.86. The first-order chi connectivity index (χ1) is 11.7. The number of aliphatic hydroxyl groups excluding tert-OH is 1. The molecule has 0 aromatic heterocycles. The van der Waals surface area contributed by atoms with Gasteiger partial charge in [0.2, 0.25) is 0 Å². The molecule has 0 fully saturated rings. The largest absolute Gasteiger partial charge is 0.493 e. The summed E-state index contributed by atoms with van der Waals surface area (Å²) in [5, 5.41) is 9.53. The van der Waals surface area contributed by atoms with Crippen LogP contribution in [0.3, 0.4) is 0 Å². The van der Waals surface area contributed by atoms with Crippen molar-refractivity contribution >= 4 is 5.97 Å². The standard InChI is InChI=1S/C19H26O5/c1-3-15(4-2)19(21)24-16-10-11-22-17(12-20)18(16)23-13-14-8-6-5-7-9-14/h5-11,15-18,20H,3-4,12-13H2,1-2H3. The van der Waals surface area contributed by atoms with Crippen LogP contribution in [0.25, 0.3) is 0 Å². The monoisotopic (exact) mass is 334 g/mol. The van der Waals surface area contributed by atoms with E-state index in [9.17, 15) is 9.90 Å². The predicted octanol–water partition coefficient (Wildman–Crippen LogP) is 2.82. The molecule has 132 valence electrons. The van der Waals surface area contributed by atoms with Gasteiger partial charge in [0.15, 0.2) is 12.2 Å². The summed E-state index contributed by atoms with van der Waals surface area (Å²) in [6, 6.07) is 9.72. The van der Waals surface area contributed by atoms with Gasteiger partial charge in [0.25, 0.3) is 0 Å². The van der Waals surface area contributed by atoms with Crippen LogP contribution < -0.4 is 0 Å². The lowest BCUT2D eigenvalue weighted by Gasteiger charge is -2.34. The maximum absolute atomic E-state index is 12.3. The highest BCUT2D eigenvalue weighted by molar-refractivity contribution is 5.72. The van der Waals surface area contributed by atoms with Gasteiger partial charge < -0.3 is 19.3 Å². The molecule has 5 heteroatoms. The normalized spacial score (nSPS) is 23.1. The van der Waals surface area contributed by atoms with E-state index in [2.05, 4.69) is 0 Å². The van der Waals surface area contributed by atoms with Gasteiger partial charge in [0.05, 0.1) is 25.4 Å². The summed E-state index contributed by atoms with van der Waals surface area (Å²) in [7, 11) is 0. The fourth-order valence-electron chi connectivity index (χ4n) is 2.70. The fourth-order valence-corrected chi connectivity index (χ4v) is 2.70. The molecule has 1 heterocycles.